The minimum Gasteiger partial charge on any atom is -0.494 e. The maximum absolute atomic E-state index is 15.6. The predicted molar refractivity (Wildman–Crippen MR) is 150 cm³/mol. The van der Waals surface area contributed by atoms with E-state index in [-0.39, 0.29) is 49.4 Å². The molecule has 42 heavy (non-hydrogen) atoms. The SMILES string of the molecule is COc1cccc(-c2c(C)c(Cc3c(F)cccc3C(F)(F)F)c3n(c2=O)C(C(N)c2cccc(F)c2Cl)CS3)c1F. The third-order valence-electron chi connectivity index (χ3n) is 7.45. The summed E-state index contributed by atoms with van der Waals surface area (Å²) in [5.41, 5.74) is 4.40. The molecule has 3 aromatic carbocycles. The van der Waals surface area contributed by atoms with E-state index in [0.29, 0.717) is 0 Å². The number of aromatic nitrogens is 1. The van der Waals surface area contributed by atoms with Crippen LogP contribution in [0.15, 0.2) is 64.4 Å². The van der Waals surface area contributed by atoms with Crippen LogP contribution in [0.1, 0.15) is 39.9 Å². The first-order valence-electron chi connectivity index (χ1n) is 12.6. The molecular weight excluding hydrogens is 602 g/mol. The minimum atomic E-state index is -4.85. The van der Waals surface area contributed by atoms with Crippen molar-refractivity contribution in [3.8, 4) is 16.9 Å². The van der Waals surface area contributed by atoms with Crippen molar-refractivity contribution in [3.63, 3.8) is 0 Å². The maximum Gasteiger partial charge on any atom is 0.416 e. The number of rotatable bonds is 6. The molecule has 0 spiro atoms. The molecule has 0 aliphatic carbocycles. The summed E-state index contributed by atoms with van der Waals surface area (Å²) >= 11 is 7.34. The molecule has 4 nitrogen and oxygen atoms in total. The second-order valence-electron chi connectivity index (χ2n) is 9.77. The van der Waals surface area contributed by atoms with Crippen molar-refractivity contribution in [3.05, 3.63) is 115 Å². The van der Waals surface area contributed by atoms with Crippen LogP contribution in [-0.2, 0) is 12.6 Å². The third kappa shape index (κ3) is 5.07. The van der Waals surface area contributed by atoms with Gasteiger partial charge in [-0.25, -0.2) is 13.2 Å². The van der Waals surface area contributed by atoms with Gasteiger partial charge in [-0.15, -0.1) is 11.8 Å². The third-order valence-corrected chi connectivity index (χ3v) is 9.07. The Kier molecular flexibility index (Phi) is 8.12. The molecule has 2 heterocycles. The summed E-state index contributed by atoms with van der Waals surface area (Å²) in [6, 6.07) is 9.07. The van der Waals surface area contributed by atoms with E-state index in [1.54, 1.807) is 0 Å². The first kappa shape index (κ1) is 30.1. The molecule has 1 aliphatic rings. The summed E-state index contributed by atoms with van der Waals surface area (Å²) in [6.07, 6.45) is -5.40. The lowest BCUT2D eigenvalue weighted by atomic mass is 9.91. The highest BCUT2D eigenvalue weighted by Gasteiger charge is 2.38. The van der Waals surface area contributed by atoms with Crippen LogP contribution in [0, 0.1) is 24.4 Å². The van der Waals surface area contributed by atoms with E-state index in [9.17, 15) is 22.4 Å². The van der Waals surface area contributed by atoms with Gasteiger partial charge in [0.05, 0.1) is 40.4 Å². The van der Waals surface area contributed by atoms with Crippen LogP contribution < -0.4 is 16.0 Å². The molecule has 220 valence electrons. The van der Waals surface area contributed by atoms with Gasteiger partial charge in [0.1, 0.15) is 11.6 Å². The largest absolute Gasteiger partial charge is 0.494 e. The van der Waals surface area contributed by atoms with Crippen LogP contribution in [0.2, 0.25) is 5.02 Å². The Hall–Kier alpha value is -3.41. The standard InChI is InChI=1S/C30H23ClF6N2O2S/c1-14-17(12-18-19(30(35,36)37)8-5-9-20(18)32)29-39(28(40)24(14)15-6-4-11-23(41-2)26(15)34)22(13-42-29)27(38)16-7-3-10-21(33)25(16)31/h3-11,22,27H,12-13,38H2,1-2H3. The number of nitrogens with two attached hydrogens (primary N) is 1. The lowest BCUT2D eigenvalue weighted by Crippen LogP contribution is -2.33. The zero-order valence-corrected chi connectivity index (χ0v) is 23.7. The van der Waals surface area contributed by atoms with Gasteiger partial charge in [-0.2, -0.15) is 13.2 Å². The molecule has 1 aliphatic heterocycles. The number of nitrogens with zero attached hydrogens (tertiary/aromatic N) is 1. The highest BCUT2D eigenvalue weighted by Crippen LogP contribution is 2.45. The summed E-state index contributed by atoms with van der Waals surface area (Å²) < 4.78 is 93.0. The normalized spacial score (nSPS) is 15.5. The summed E-state index contributed by atoms with van der Waals surface area (Å²) in [6.45, 7) is 1.48. The van der Waals surface area contributed by atoms with Gasteiger partial charge in [0.2, 0.25) is 0 Å². The Morgan fingerprint density at radius 3 is 2.40 bits per heavy atom. The van der Waals surface area contributed by atoms with Gasteiger partial charge in [-0.1, -0.05) is 41.9 Å². The minimum absolute atomic E-state index is 0.139. The number of halogens is 7. The van der Waals surface area contributed by atoms with Crippen molar-refractivity contribution in [2.24, 2.45) is 5.73 Å². The number of alkyl halides is 3. The molecule has 4 aromatic rings. The fourth-order valence-corrected chi connectivity index (χ4v) is 7.04. The highest BCUT2D eigenvalue weighted by atomic mass is 35.5. The monoisotopic (exact) mass is 624 g/mol. The van der Waals surface area contributed by atoms with Crippen molar-refractivity contribution in [1.29, 1.82) is 0 Å². The Balaban J connectivity index is 1.80. The lowest BCUT2D eigenvalue weighted by molar-refractivity contribution is -0.138. The molecule has 0 saturated carbocycles. The zero-order valence-electron chi connectivity index (χ0n) is 22.2. The van der Waals surface area contributed by atoms with Crippen LogP contribution in [0.3, 0.4) is 0 Å². The Morgan fingerprint density at radius 1 is 1.05 bits per heavy atom. The van der Waals surface area contributed by atoms with Gasteiger partial charge >= 0.3 is 6.18 Å². The van der Waals surface area contributed by atoms with Crippen LogP contribution in [0.25, 0.3) is 11.1 Å². The Morgan fingerprint density at radius 2 is 1.71 bits per heavy atom. The maximum atomic E-state index is 15.6. The van der Waals surface area contributed by atoms with Crippen LogP contribution in [0.4, 0.5) is 26.3 Å². The number of methoxy groups -OCH3 is 1. The van der Waals surface area contributed by atoms with E-state index in [1.807, 2.05) is 0 Å². The number of hydrogen-bond acceptors (Lipinski definition) is 4. The molecule has 12 heteroatoms. The number of ether oxygens (including phenoxy) is 1. The van der Waals surface area contributed by atoms with E-state index in [2.05, 4.69) is 0 Å². The summed E-state index contributed by atoms with van der Waals surface area (Å²) in [5.74, 6) is -2.63. The summed E-state index contributed by atoms with van der Waals surface area (Å²) in [5, 5.41) is 0.0259. The molecule has 2 unspecified atom stereocenters. The van der Waals surface area contributed by atoms with Gasteiger partial charge in [0, 0.05) is 23.3 Å². The topological polar surface area (TPSA) is 57.2 Å². The second kappa shape index (κ2) is 11.3. The molecule has 0 saturated heterocycles. The van der Waals surface area contributed by atoms with E-state index in [0.717, 1.165) is 36.0 Å². The van der Waals surface area contributed by atoms with Crippen molar-refractivity contribution >= 4 is 23.4 Å². The van der Waals surface area contributed by atoms with Gasteiger partial charge in [-0.05, 0) is 47.9 Å². The first-order chi connectivity index (χ1) is 19.9. The molecule has 1 aromatic heterocycles. The van der Waals surface area contributed by atoms with Crippen molar-refractivity contribution in [2.45, 2.75) is 36.6 Å². The number of pyridine rings is 1. The number of benzene rings is 3. The average molecular weight is 625 g/mol. The van der Waals surface area contributed by atoms with E-state index >= 15 is 8.78 Å². The molecule has 2 N–H and O–H groups in total. The quantitative estimate of drug-likeness (QED) is 0.222. The highest BCUT2D eigenvalue weighted by molar-refractivity contribution is 7.99. The Bertz CT molecular complexity index is 1760. The van der Waals surface area contributed by atoms with E-state index < -0.39 is 58.8 Å². The lowest BCUT2D eigenvalue weighted by Gasteiger charge is -2.25. The van der Waals surface area contributed by atoms with Gasteiger partial charge in [0.25, 0.3) is 5.56 Å². The van der Waals surface area contributed by atoms with Gasteiger partial charge in [-0.3, -0.25) is 9.36 Å². The number of hydrogen-bond donors (Lipinski definition) is 1. The number of fused-ring (bicyclic) bond motifs is 1. The average Bonchev–Trinajstić information content (AvgIpc) is 3.38. The first-order valence-corrected chi connectivity index (χ1v) is 14.0. The van der Waals surface area contributed by atoms with Crippen molar-refractivity contribution in [2.75, 3.05) is 12.9 Å². The fourth-order valence-electron chi connectivity index (χ4n) is 5.34. The predicted octanol–water partition coefficient (Wildman–Crippen LogP) is 7.86. The van der Waals surface area contributed by atoms with Crippen LogP contribution in [-0.4, -0.2) is 17.4 Å². The Labute approximate surface area is 246 Å². The molecular formula is C30H23ClF6N2O2S. The summed E-state index contributed by atoms with van der Waals surface area (Å²) in [7, 11) is 1.25. The van der Waals surface area contributed by atoms with E-state index in [4.69, 9.17) is 22.1 Å². The van der Waals surface area contributed by atoms with Crippen molar-refractivity contribution < 1.29 is 31.1 Å². The van der Waals surface area contributed by atoms with Crippen LogP contribution >= 0.6 is 23.4 Å². The second-order valence-corrected chi connectivity index (χ2v) is 11.2. The van der Waals surface area contributed by atoms with Gasteiger partial charge in [0.15, 0.2) is 11.6 Å². The van der Waals surface area contributed by atoms with E-state index in [1.165, 1.54) is 48.9 Å². The molecule has 0 amide bonds. The zero-order chi connectivity index (χ0) is 30.5. The summed E-state index contributed by atoms with van der Waals surface area (Å²) in [4.78, 5) is 14.2. The molecule has 5 rings (SSSR count). The fraction of sp³-hybridized carbons (Fsp3) is 0.233. The molecule has 2 atom stereocenters. The molecule has 0 fully saturated rings. The smallest absolute Gasteiger partial charge is 0.416 e. The van der Waals surface area contributed by atoms with Crippen LogP contribution in [0.5, 0.6) is 5.75 Å². The molecule has 0 bridgehead atoms. The van der Waals surface area contributed by atoms with Crippen molar-refractivity contribution in [1.82, 2.24) is 4.57 Å². The van der Waals surface area contributed by atoms with Gasteiger partial charge < -0.3 is 10.5 Å². The number of thioether (sulfide) groups is 1. The molecule has 0 radical (unpaired) electrons.